The summed E-state index contributed by atoms with van der Waals surface area (Å²) < 4.78 is 40.4. The molecule has 0 saturated carbocycles. The summed E-state index contributed by atoms with van der Waals surface area (Å²) in [5, 5.41) is 3.67. The summed E-state index contributed by atoms with van der Waals surface area (Å²) in [7, 11) is -0.420. The minimum atomic E-state index is -3.73. The average Bonchev–Trinajstić information content (AvgIpc) is 3.38. The Morgan fingerprint density at radius 3 is 2.60 bits per heavy atom. The Labute approximate surface area is 207 Å². The number of anilines is 2. The maximum absolute atomic E-state index is 13.3. The smallest absolute Gasteiger partial charge is 0.261 e. The van der Waals surface area contributed by atoms with Crippen molar-refractivity contribution in [1.82, 2.24) is 0 Å². The van der Waals surface area contributed by atoms with Crippen molar-refractivity contribution in [2.45, 2.75) is 36.6 Å². The quantitative estimate of drug-likeness (QED) is 0.404. The number of benzene rings is 3. The molecule has 0 radical (unpaired) electrons. The minimum absolute atomic E-state index is 0.0281. The SMILES string of the molecule is CCc1ccccc1NS(=O)(=O)c1ccc2c(c1)[C@H]1C=CC[C@H]1[C@@H](c1ccc(OC)cc1OC)N2. The highest BCUT2D eigenvalue weighted by Crippen LogP contribution is 2.51. The van der Waals surface area contributed by atoms with Crippen LogP contribution in [0, 0.1) is 5.92 Å². The van der Waals surface area contributed by atoms with Crippen LogP contribution < -0.4 is 19.5 Å². The van der Waals surface area contributed by atoms with Crippen LogP contribution in [0.15, 0.2) is 77.7 Å². The molecule has 3 aromatic carbocycles. The minimum Gasteiger partial charge on any atom is -0.497 e. The monoisotopic (exact) mass is 490 g/mol. The lowest BCUT2D eigenvalue weighted by Crippen LogP contribution is -2.29. The fourth-order valence-corrected chi connectivity index (χ4v) is 6.39. The second-order valence-corrected chi connectivity index (χ2v) is 10.6. The van der Waals surface area contributed by atoms with Crippen LogP contribution in [0.5, 0.6) is 11.5 Å². The predicted octanol–water partition coefficient (Wildman–Crippen LogP) is 5.89. The Bertz CT molecular complexity index is 1380. The molecule has 35 heavy (non-hydrogen) atoms. The van der Waals surface area contributed by atoms with Crippen molar-refractivity contribution in [2.75, 3.05) is 24.3 Å². The molecule has 2 aliphatic rings. The Morgan fingerprint density at radius 1 is 1.00 bits per heavy atom. The molecule has 0 bridgehead atoms. The Kier molecular flexibility index (Phi) is 6.19. The molecule has 1 heterocycles. The summed E-state index contributed by atoms with van der Waals surface area (Å²) in [6.45, 7) is 2.01. The standard InChI is InChI=1S/C28H30N2O4S/c1-4-18-8-5-6-11-25(18)30-35(31,32)20-13-15-26-24(17-20)21-9-7-10-22(21)28(29-26)23-14-12-19(33-2)16-27(23)34-3/h5-9,11-17,21-22,28-30H,4,10H2,1-3H3/t21-,22+,28-/m0/s1. The summed E-state index contributed by atoms with van der Waals surface area (Å²) in [5.41, 5.74) is 4.59. The van der Waals surface area contributed by atoms with E-state index in [1.165, 1.54) is 0 Å². The fraction of sp³-hybridized carbons (Fsp3) is 0.286. The van der Waals surface area contributed by atoms with Crippen molar-refractivity contribution < 1.29 is 17.9 Å². The number of hydrogen-bond donors (Lipinski definition) is 2. The van der Waals surface area contributed by atoms with Gasteiger partial charge >= 0.3 is 0 Å². The molecular formula is C28H30N2O4S. The lowest BCUT2D eigenvalue weighted by Gasteiger charge is -2.38. The van der Waals surface area contributed by atoms with Crippen LogP contribution >= 0.6 is 0 Å². The maximum atomic E-state index is 13.3. The number of methoxy groups -OCH3 is 2. The molecule has 0 amide bonds. The van der Waals surface area contributed by atoms with E-state index < -0.39 is 10.0 Å². The third-order valence-electron chi connectivity index (χ3n) is 7.06. The molecular weight excluding hydrogens is 460 g/mol. The van der Waals surface area contributed by atoms with Crippen LogP contribution in [0.25, 0.3) is 0 Å². The zero-order valence-electron chi connectivity index (χ0n) is 20.1. The highest BCUT2D eigenvalue weighted by Gasteiger charge is 2.39. The zero-order valence-corrected chi connectivity index (χ0v) is 20.9. The van der Waals surface area contributed by atoms with Crippen LogP contribution in [0.2, 0.25) is 0 Å². The number of allylic oxidation sites excluding steroid dienone is 2. The number of aryl methyl sites for hydroxylation is 1. The molecule has 0 saturated heterocycles. The van der Waals surface area contributed by atoms with E-state index in [1.54, 1.807) is 26.4 Å². The lowest BCUT2D eigenvalue weighted by molar-refractivity contribution is 0.372. The molecule has 6 nitrogen and oxygen atoms in total. The van der Waals surface area contributed by atoms with Crippen LogP contribution in [0.1, 0.15) is 42.0 Å². The van der Waals surface area contributed by atoms with Crippen molar-refractivity contribution >= 4 is 21.4 Å². The average molecular weight is 491 g/mol. The highest BCUT2D eigenvalue weighted by atomic mass is 32.2. The summed E-state index contributed by atoms with van der Waals surface area (Å²) in [6, 6.07) is 18.8. The molecule has 1 aliphatic heterocycles. The Morgan fingerprint density at radius 2 is 1.83 bits per heavy atom. The normalized spacial score (nSPS) is 20.5. The third kappa shape index (κ3) is 4.25. The second kappa shape index (κ2) is 9.30. The van der Waals surface area contributed by atoms with Gasteiger partial charge in [0.15, 0.2) is 0 Å². The van der Waals surface area contributed by atoms with Gasteiger partial charge in [-0.15, -0.1) is 0 Å². The van der Waals surface area contributed by atoms with E-state index in [9.17, 15) is 8.42 Å². The molecule has 182 valence electrons. The first-order valence-corrected chi connectivity index (χ1v) is 13.3. The van der Waals surface area contributed by atoms with Gasteiger partial charge in [0, 0.05) is 23.2 Å². The summed E-state index contributed by atoms with van der Waals surface area (Å²) in [5.74, 6) is 1.88. The molecule has 0 aromatic heterocycles. The van der Waals surface area contributed by atoms with E-state index in [2.05, 4.69) is 22.2 Å². The van der Waals surface area contributed by atoms with Gasteiger partial charge in [0.25, 0.3) is 10.0 Å². The van der Waals surface area contributed by atoms with E-state index >= 15 is 0 Å². The van der Waals surface area contributed by atoms with Crippen molar-refractivity contribution in [3.63, 3.8) is 0 Å². The highest BCUT2D eigenvalue weighted by molar-refractivity contribution is 7.92. The molecule has 0 spiro atoms. The second-order valence-electron chi connectivity index (χ2n) is 8.95. The van der Waals surface area contributed by atoms with E-state index in [4.69, 9.17) is 9.47 Å². The van der Waals surface area contributed by atoms with Crippen molar-refractivity contribution in [3.8, 4) is 11.5 Å². The molecule has 0 fully saturated rings. The van der Waals surface area contributed by atoms with E-state index in [0.717, 1.165) is 46.7 Å². The van der Waals surface area contributed by atoms with E-state index in [-0.39, 0.29) is 22.8 Å². The van der Waals surface area contributed by atoms with Crippen molar-refractivity contribution in [1.29, 1.82) is 0 Å². The van der Waals surface area contributed by atoms with Gasteiger partial charge in [-0.25, -0.2) is 8.42 Å². The molecule has 3 atom stereocenters. The van der Waals surface area contributed by atoms with Crippen LogP contribution in [-0.2, 0) is 16.4 Å². The zero-order chi connectivity index (χ0) is 24.6. The Balaban J connectivity index is 1.50. The van der Waals surface area contributed by atoms with Gasteiger partial charge in [-0.05, 0) is 66.3 Å². The van der Waals surface area contributed by atoms with E-state index in [1.807, 2.05) is 55.5 Å². The third-order valence-corrected chi connectivity index (χ3v) is 8.43. The van der Waals surface area contributed by atoms with Gasteiger partial charge in [0.05, 0.1) is 30.8 Å². The van der Waals surface area contributed by atoms with Gasteiger partial charge in [-0.2, -0.15) is 0 Å². The van der Waals surface area contributed by atoms with Crippen LogP contribution in [0.3, 0.4) is 0 Å². The Hall–Kier alpha value is -3.45. The van der Waals surface area contributed by atoms with Gasteiger partial charge in [-0.1, -0.05) is 37.3 Å². The van der Waals surface area contributed by atoms with Crippen LogP contribution in [0.4, 0.5) is 11.4 Å². The van der Waals surface area contributed by atoms with Gasteiger partial charge in [0.1, 0.15) is 11.5 Å². The van der Waals surface area contributed by atoms with Crippen molar-refractivity contribution in [2.24, 2.45) is 5.92 Å². The first kappa shape index (κ1) is 23.3. The molecule has 7 heteroatoms. The number of nitrogens with one attached hydrogen (secondary N) is 2. The summed E-state index contributed by atoms with van der Waals surface area (Å²) >= 11 is 0. The lowest BCUT2D eigenvalue weighted by atomic mass is 9.77. The predicted molar refractivity (Wildman–Crippen MR) is 139 cm³/mol. The largest absolute Gasteiger partial charge is 0.497 e. The number of fused-ring (bicyclic) bond motifs is 3. The summed E-state index contributed by atoms with van der Waals surface area (Å²) in [4.78, 5) is 0.267. The van der Waals surface area contributed by atoms with Crippen LogP contribution in [-0.4, -0.2) is 22.6 Å². The molecule has 2 N–H and O–H groups in total. The number of para-hydroxylation sites is 1. The number of ether oxygens (including phenoxy) is 2. The van der Waals surface area contributed by atoms with Gasteiger partial charge in [0.2, 0.25) is 0 Å². The van der Waals surface area contributed by atoms with E-state index in [0.29, 0.717) is 5.69 Å². The maximum Gasteiger partial charge on any atom is 0.261 e. The number of sulfonamides is 1. The van der Waals surface area contributed by atoms with Crippen molar-refractivity contribution in [3.05, 3.63) is 89.5 Å². The number of rotatable bonds is 7. The number of hydrogen-bond acceptors (Lipinski definition) is 5. The summed E-state index contributed by atoms with van der Waals surface area (Å²) in [6.07, 6.45) is 6.03. The molecule has 3 aromatic rings. The first-order chi connectivity index (χ1) is 16.9. The first-order valence-electron chi connectivity index (χ1n) is 11.8. The molecule has 5 rings (SSSR count). The fourth-order valence-electron chi connectivity index (χ4n) is 5.25. The van der Waals surface area contributed by atoms with Gasteiger partial charge in [-0.3, -0.25) is 4.72 Å². The molecule has 1 aliphatic carbocycles. The molecule has 0 unspecified atom stereocenters. The van der Waals surface area contributed by atoms with Gasteiger partial charge < -0.3 is 14.8 Å². The topological polar surface area (TPSA) is 76.7 Å².